The van der Waals surface area contributed by atoms with E-state index in [-0.39, 0.29) is 30.2 Å². The molecule has 0 atom stereocenters. The van der Waals surface area contributed by atoms with Crippen molar-refractivity contribution in [1.82, 2.24) is 15.0 Å². The van der Waals surface area contributed by atoms with E-state index in [0.717, 1.165) is 19.3 Å². The maximum absolute atomic E-state index is 13.4. The van der Waals surface area contributed by atoms with Gasteiger partial charge in [0.2, 0.25) is 17.6 Å². The van der Waals surface area contributed by atoms with Crippen molar-refractivity contribution in [3.63, 3.8) is 0 Å². The molecule has 1 amide bonds. The maximum Gasteiger partial charge on any atom is 0.227 e. The Morgan fingerprint density at radius 3 is 2.83 bits per heavy atom. The number of benzene rings is 1. The molecule has 0 radical (unpaired) electrons. The molecule has 1 aliphatic heterocycles. The highest BCUT2D eigenvalue weighted by molar-refractivity contribution is 5.85. The first-order valence-electron chi connectivity index (χ1n) is 9.75. The van der Waals surface area contributed by atoms with E-state index < -0.39 is 0 Å². The fourth-order valence-corrected chi connectivity index (χ4v) is 3.23. The molecule has 1 aliphatic rings. The van der Waals surface area contributed by atoms with E-state index in [1.165, 1.54) is 6.07 Å². The molecule has 0 spiro atoms. The molecule has 0 saturated carbocycles. The number of aryl methyl sites for hydroxylation is 2. The second-order valence-corrected chi connectivity index (χ2v) is 7.07. The summed E-state index contributed by atoms with van der Waals surface area (Å²) in [6.07, 6.45) is 3.49. The van der Waals surface area contributed by atoms with Crippen LogP contribution in [-0.4, -0.2) is 53.3 Å². The van der Waals surface area contributed by atoms with Crippen LogP contribution < -0.4 is 5.73 Å². The molecule has 1 aromatic heterocycles. The molecule has 9 heteroatoms. The first-order chi connectivity index (χ1) is 13.6. The van der Waals surface area contributed by atoms with Crippen molar-refractivity contribution in [2.75, 3.05) is 26.2 Å². The molecule has 0 aliphatic carbocycles. The lowest BCUT2D eigenvalue weighted by Crippen LogP contribution is -2.41. The number of likely N-dealkylation sites (tertiary alicyclic amines) is 1. The Balaban J connectivity index is 0.00000300. The summed E-state index contributed by atoms with van der Waals surface area (Å²) < 4.78 is 24.4. The van der Waals surface area contributed by atoms with Gasteiger partial charge in [0.25, 0.3) is 0 Å². The average Bonchev–Trinajstić information content (AvgIpc) is 3.18. The fraction of sp³-hybridized carbons (Fsp3) is 0.550. The fourth-order valence-electron chi connectivity index (χ4n) is 3.23. The first kappa shape index (κ1) is 23.3. The predicted molar refractivity (Wildman–Crippen MR) is 109 cm³/mol. The topological polar surface area (TPSA) is 94.5 Å². The van der Waals surface area contributed by atoms with Crippen molar-refractivity contribution in [2.24, 2.45) is 5.73 Å². The minimum absolute atomic E-state index is 0. The van der Waals surface area contributed by atoms with E-state index in [2.05, 4.69) is 10.1 Å². The second-order valence-electron chi connectivity index (χ2n) is 7.07. The zero-order chi connectivity index (χ0) is 19.9. The summed E-state index contributed by atoms with van der Waals surface area (Å²) in [6.45, 7) is 4.41. The van der Waals surface area contributed by atoms with Gasteiger partial charge in [-0.15, -0.1) is 12.4 Å². The summed E-state index contributed by atoms with van der Waals surface area (Å²) in [5, 5.41) is 3.93. The summed E-state index contributed by atoms with van der Waals surface area (Å²) in [5.41, 5.74) is 6.68. The maximum atomic E-state index is 13.4. The molecular formula is C20H28ClFN4O3. The van der Waals surface area contributed by atoms with Crippen LogP contribution >= 0.6 is 12.4 Å². The summed E-state index contributed by atoms with van der Waals surface area (Å²) in [4.78, 5) is 18.6. The van der Waals surface area contributed by atoms with Crippen LogP contribution in [0, 0.1) is 12.7 Å². The molecule has 1 saturated heterocycles. The van der Waals surface area contributed by atoms with Gasteiger partial charge in [-0.1, -0.05) is 5.16 Å². The average molecular weight is 427 g/mol. The van der Waals surface area contributed by atoms with E-state index in [1.807, 2.05) is 4.90 Å². The van der Waals surface area contributed by atoms with Gasteiger partial charge in [0.15, 0.2) is 0 Å². The Morgan fingerprint density at radius 2 is 2.14 bits per heavy atom. The summed E-state index contributed by atoms with van der Waals surface area (Å²) >= 11 is 0. The Hall–Kier alpha value is -2.03. The van der Waals surface area contributed by atoms with Gasteiger partial charge < -0.3 is 19.9 Å². The van der Waals surface area contributed by atoms with Gasteiger partial charge in [-0.25, -0.2) is 4.39 Å². The van der Waals surface area contributed by atoms with Crippen LogP contribution in [0.4, 0.5) is 4.39 Å². The molecular weight excluding hydrogens is 399 g/mol. The Kier molecular flexibility index (Phi) is 9.00. The zero-order valence-corrected chi connectivity index (χ0v) is 17.4. The minimum Gasteiger partial charge on any atom is -0.378 e. The highest BCUT2D eigenvalue weighted by atomic mass is 35.5. The number of nitrogens with two attached hydrogens (primary N) is 1. The van der Waals surface area contributed by atoms with Crippen LogP contribution in [0.3, 0.4) is 0 Å². The van der Waals surface area contributed by atoms with Gasteiger partial charge in [-0.05, 0) is 56.5 Å². The first-order valence-corrected chi connectivity index (χ1v) is 9.75. The van der Waals surface area contributed by atoms with E-state index >= 15 is 0 Å². The number of halogens is 2. The van der Waals surface area contributed by atoms with Gasteiger partial charge in [-0.3, -0.25) is 4.79 Å². The van der Waals surface area contributed by atoms with Crippen molar-refractivity contribution >= 4 is 18.3 Å². The smallest absolute Gasteiger partial charge is 0.227 e. The van der Waals surface area contributed by atoms with Crippen LogP contribution in [0.2, 0.25) is 0 Å². The second kappa shape index (κ2) is 11.2. The number of ether oxygens (including phenoxy) is 1. The number of piperidine rings is 1. The standard InChI is InChI=1S/C20H27FN4O3.ClH/c1-14-13-15(3-4-17(14)21)20-23-18(28-24-20)5-6-19(26)25-10-7-16(8-11-25)27-12-2-9-22;/h3-4,13,16H,2,5-12,22H2,1H3;1H. The monoisotopic (exact) mass is 426 g/mol. The summed E-state index contributed by atoms with van der Waals surface area (Å²) in [6, 6.07) is 4.67. The highest BCUT2D eigenvalue weighted by Crippen LogP contribution is 2.20. The summed E-state index contributed by atoms with van der Waals surface area (Å²) in [7, 11) is 0. The van der Waals surface area contributed by atoms with E-state index in [4.69, 9.17) is 15.0 Å². The predicted octanol–water partition coefficient (Wildman–Crippen LogP) is 2.89. The number of carbonyl (C=O) groups excluding carboxylic acids is 1. The largest absolute Gasteiger partial charge is 0.378 e. The molecule has 0 unspecified atom stereocenters. The van der Waals surface area contributed by atoms with Gasteiger partial charge in [-0.2, -0.15) is 4.98 Å². The van der Waals surface area contributed by atoms with Crippen molar-refractivity contribution in [1.29, 1.82) is 0 Å². The molecule has 2 aromatic rings. The normalized spacial score (nSPS) is 14.7. The number of amides is 1. The van der Waals surface area contributed by atoms with Crippen molar-refractivity contribution in [3.8, 4) is 11.4 Å². The third kappa shape index (κ3) is 6.48. The molecule has 3 rings (SSSR count). The Labute approximate surface area is 176 Å². The number of hydrogen-bond acceptors (Lipinski definition) is 6. The van der Waals surface area contributed by atoms with Crippen LogP contribution in [0.5, 0.6) is 0 Å². The summed E-state index contributed by atoms with van der Waals surface area (Å²) in [5.74, 6) is 0.621. The Bertz CT molecular complexity index is 794. The molecule has 1 fully saturated rings. The van der Waals surface area contributed by atoms with Crippen molar-refractivity contribution in [3.05, 3.63) is 35.5 Å². The third-order valence-electron chi connectivity index (χ3n) is 4.93. The van der Waals surface area contributed by atoms with Crippen LogP contribution in [-0.2, 0) is 16.0 Å². The van der Waals surface area contributed by atoms with Crippen molar-refractivity contribution in [2.45, 2.75) is 45.1 Å². The molecule has 7 nitrogen and oxygen atoms in total. The van der Waals surface area contributed by atoms with Crippen LogP contribution in [0.25, 0.3) is 11.4 Å². The SMILES string of the molecule is Cc1cc(-c2noc(CCC(=O)N3CCC(OCCCN)CC3)n2)ccc1F.Cl. The van der Waals surface area contributed by atoms with E-state index in [0.29, 0.717) is 61.9 Å². The molecule has 2 N–H and O–H groups in total. The lowest BCUT2D eigenvalue weighted by molar-refractivity contribution is -0.133. The van der Waals surface area contributed by atoms with Gasteiger partial charge in [0, 0.05) is 38.1 Å². The van der Waals surface area contributed by atoms with Crippen LogP contribution in [0.15, 0.2) is 22.7 Å². The zero-order valence-electron chi connectivity index (χ0n) is 16.6. The van der Waals surface area contributed by atoms with Gasteiger partial charge in [0.1, 0.15) is 5.82 Å². The number of rotatable bonds is 8. The number of nitrogens with zero attached hydrogens (tertiary/aromatic N) is 3. The molecule has 29 heavy (non-hydrogen) atoms. The van der Waals surface area contributed by atoms with Crippen molar-refractivity contribution < 1.29 is 18.4 Å². The lowest BCUT2D eigenvalue weighted by atomic mass is 10.1. The number of hydrogen-bond donors (Lipinski definition) is 1. The van der Waals surface area contributed by atoms with E-state index in [1.54, 1.807) is 19.1 Å². The van der Waals surface area contributed by atoms with E-state index in [9.17, 15) is 9.18 Å². The number of carbonyl (C=O) groups is 1. The highest BCUT2D eigenvalue weighted by Gasteiger charge is 2.23. The lowest BCUT2D eigenvalue weighted by Gasteiger charge is -2.32. The quantitative estimate of drug-likeness (QED) is 0.652. The third-order valence-corrected chi connectivity index (χ3v) is 4.93. The molecule has 1 aromatic carbocycles. The molecule has 160 valence electrons. The number of aromatic nitrogens is 2. The molecule has 0 bridgehead atoms. The molecule has 2 heterocycles. The Morgan fingerprint density at radius 1 is 1.38 bits per heavy atom. The van der Waals surface area contributed by atoms with Gasteiger partial charge in [0.05, 0.1) is 6.10 Å². The minimum atomic E-state index is -0.272. The van der Waals surface area contributed by atoms with Crippen LogP contribution in [0.1, 0.15) is 37.1 Å². The van der Waals surface area contributed by atoms with Gasteiger partial charge >= 0.3 is 0 Å².